The first kappa shape index (κ1) is 18.9. The van der Waals surface area contributed by atoms with Crippen LogP contribution in [-0.2, 0) is 9.47 Å². The van der Waals surface area contributed by atoms with Crippen LogP contribution >= 0.6 is 0 Å². The monoisotopic (exact) mass is 350 g/mol. The molecule has 2 rings (SSSR count). The van der Waals surface area contributed by atoms with Crippen LogP contribution in [0.5, 0.6) is 5.75 Å². The fourth-order valence-electron chi connectivity index (χ4n) is 2.59. The van der Waals surface area contributed by atoms with Crippen LogP contribution in [0.3, 0.4) is 0 Å². The maximum absolute atomic E-state index is 11.7. The molecule has 0 aliphatic heterocycles. The van der Waals surface area contributed by atoms with Crippen LogP contribution in [0.15, 0.2) is 18.2 Å². The van der Waals surface area contributed by atoms with Crippen molar-refractivity contribution in [2.75, 3.05) is 19.5 Å². The lowest BCUT2D eigenvalue weighted by molar-refractivity contribution is 0.0428. The number of nitrogens with two attached hydrogens (primary N) is 1. The number of nitrogens with one attached hydrogen (secondary N) is 1. The molecule has 0 spiro atoms. The molecule has 25 heavy (non-hydrogen) atoms. The molecule has 0 saturated heterocycles. The van der Waals surface area contributed by atoms with Gasteiger partial charge in [-0.2, -0.15) is 0 Å². The van der Waals surface area contributed by atoms with E-state index >= 15 is 0 Å². The Balaban J connectivity index is 1.76. The third-order valence-electron chi connectivity index (χ3n) is 3.87. The number of amides is 1. The summed E-state index contributed by atoms with van der Waals surface area (Å²) in [5.41, 5.74) is 5.90. The number of nitrogen functional groups attached to an aromatic ring is 1. The van der Waals surface area contributed by atoms with Gasteiger partial charge in [0.05, 0.1) is 19.3 Å². The summed E-state index contributed by atoms with van der Waals surface area (Å²) in [5, 5.41) is 2.85. The second kappa shape index (κ2) is 7.63. The average Bonchev–Trinajstić information content (AvgIpc) is 2.48. The first-order valence-electron chi connectivity index (χ1n) is 8.28. The molecule has 1 aromatic carbocycles. The number of anilines is 1. The fraction of sp³-hybridized carbons (Fsp3) is 0.556. The minimum atomic E-state index is -0.497. The number of benzene rings is 1. The molecule has 138 valence electrons. The summed E-state index contributed by atoms with van der Waals surface area (Å²) in [6.45, 7) is 6.01. The molecule has 1 aliphatic carbocycles. The van der Waals surface area contributed by atoms with Gasteiger partial charge in [-0.25, -0.2) is 9.59 Å². The third kappa shape index (κ3) is 5.55. The lowest BCUT2D eigenvalue weighted by Gasteiger charge is -2.35. The largest absolute Gasteiger partial charge is 0.493 e. The molecule has 1 aliphatic rings. The summed E-state index contributed by atoms with van der Waals surface area (Å²) in [7, 11) is 1.31. The number of methoxy groups -OCH3 is 1. The molecule has 7 heteroatoms. The summed E-state index contributed by atoms with van der Waals surface area (Å²) in [4.78, 5) is 23.3. The van der Waals surface area contributed by atoms with Crippen molar-refractivity contribution in [1.82, 2.24) is 5.32 Å². The number of carbonyl (C=O) groups is 2. The van der Waals surface area contributed by atoms with Crippen molar-refractivity contribution in [3.05, 3.63) is 23.8 Å². The Bertz CT molecular complexity index is 633. The molecule has 0 unspecified atom stereocenters. The van der Waals surface area contributed by atoms with Crippen molar-refractivity contribution < 1.29 is 23.8 Å². The lowest BCUT2D eigenvalue weighted by atomic mass is 9.81. The van der Waals surface area contributed by atoms with Crippen LogP contribution in [0, 0.1) is 5.92 Å². The minimum Gasteiger partial charge on any atom is -0.493 e. The SMILES string of the molecule is COC(=O)c1cc(OC[C@H]2C[C@@H](NC(=O)OC(C)(C)C)C2)ccc1N. The zero-order valence-electron chi connectivity index (χ0n) is 15.1. The Labute approximate surface area is 147 Å². The van der Waals surface area contributed by atoms with Gasteiger partial charge in [-0.15, -0.1) is 0 Å². The summed E-state index contributed by atoms with van der Waals surface area (Å²) >= 11 is 0. The van der Waals surface area contributed by atoms with Crippen LogP contribution in [0.1, 0.15) is 44.0 Å². The van der Waals surface area contributed by atoms with Crippen molar-refractivity contribution in [3.8, 4) is 5.75 Å². The molecule has 1 amide bonds. The lowest BCUT2D eigenvalue weighted by Crippen LogP contribution is -2.47. The molecule has 1 saturated carbocycles. The van der Waals surface area contributed by atoms with E-state index in [0.717, 1.165) is 12.8 Å². The maximum Gasteiger partial charge on any atom is 0.407 e. The van der Waals surface area contributed by atoms with Gasteiger partial charge in [-0.05, 0) is 57.7 Å². The number of carbonyl (C=O) groups excluding carboxylic acids is 2. The molecule has 1 aromatic rings. The zero-order valence-corrected chi connectivity index (χ0v) is 15.1. The zero-order chi connectivity index (χ0) is 18.6. The summed E-state index contributed by atoms with van der Waals surface area (Å²) in [6, 6.07) is 5.03. The number of rotatable bonds is 5. The van der Waals surface area contributed by atoms with Crippen molar-refractivity contribution >= 4 is 17.7 Å². The Hall–Kier alpha value is -2.44. The molecule has 0 aromatic heterocycles. The van der Waals surface area contributed by atoms with Crippen LogP contribution in [0.25, 0.3) is 0 Å². The van der Waals surface area contributed by atoms with E-state index in [4.69, 9.17) is 15.2 Å². The first-order valence-corrected chi connectivity index (χ1v) is 8.28. The number of hydrogen-bond donors (Lipinski definition) is 2. The Morgan fingerprint density at radius 2 is 1.96 bits per heavy atom. The Kier molecular flexibility index (Phi) is 5.77. The van der Waals surface area contributed by atoms with Gasteiger partial charge < -0.3 is 25.3 Å². The second-order valence-corrected chi connectivity index (χ2v) is 7.23. The molecular formula is C18H26N2O5. The van der Waals surface area contributed by atoms with E-state index in [2.05, 4.69) is 10.1 Å². The summed E-state index contributed by atoms with van der Waals surface area (Å²) in [6.07, 6.45) is 1.27. The Morgan fingerprint density at radius 1 is 1.28 bits per heavy atom. The van der Waals surface area contributed by atoms with Gasteiger partial charge in [0, 0.05) is 11.7 Å². The van der Waals surface area contributed by atoms with E-state index in [0.29, 0.717) is 24.0 Å². The van der Waals surface area contributed by atoms with Gasteiger partial charge in [0.25, 0.3) is 0 Å². The minimum absolute atomic E-state index is 0.112. The van der Waals surface area contributed by atoms with Crippen LogP contribution in [0.4, 0.5) is 10.5 Å². The second-order valence-electron chi connectivity index (χ2n) is 7.23. The molecule has 1 fully saturated rings. The predicted octanol–water partition coefficient (Wildman–Crippen LogP) is 2.74. The molecule has 0 radical (unpaired) electrons. The molecule has 0 atom stereocenters. The highest BCUT2D eigenvalue weighted by molar-refractivity contribution is 5.95. The standard InChI is InChI=1S/C18H26N2O5/c1-18(2,3)25-17(22)20-12-7-11(8-12)10-24-13-5-6-15(19)14(9-13)16(21)23-4/h5-6,9,11-12H,7-8,10,19H2,1-4H3,(H,20,22)/t11-,12+. The van der Waals surface area contributed by atoms with Gasteiger partial charge in [0.1, 0.15) is 11.4 Å². The molecule has 0 heterocycles. The van der Waals surface area contributed by atoms with Crippen LogP contribution < -0.4 is 15.8 Å². The summed E-state index contributed by atoms with van der Waals surface area (Å²) < 4.78 is 15.6. The normalized spacial score (nSPS) is 19.5. The van der Waals surface area contributed by atoms with Gasteiger partial charge in [0.15, 0.2) is 0 Å². The fourth-order valence-corrected chi connectivity index (χ4v) is 2.59. The number of ether oxygens (including phenoxy) is 3. The summed E-state index contributed by atoms with van der Waals surface area (Å²) in [5.74, 6) is 0.422. The molecule has 0 bridgehead atoms. The maximum atomic E-state index is 11.7. The van der Waals surface area contributed by atoms with E-state index in [9.17, 15) is 9.59 Å². The van der Waals surface area contributed by atoms with Gasteiger partial charge in [-0.1, -0.05) is 0 Å². The topological polar surface area (TPSA) is 99.9 Å². The van der Waals surface area contributed by atoms with E-state index < -0.39 is 17.7 Å². The number of esters is 1. The van der Waals surface area contributed by atoms with Crippen LogP contribution in [-0.4, -0.2) is 37.4 Å². The molecule has 7 nitrogen and oxygen atoms in total. The van der Waals surface area contributed by atoms with E-state index in [-0.39, 0.29) is 11.6 Å². The third-order valence-corrected chi connectivity index (χ3v) is 3.87. The predicted molar refractivity (Wildman–Crippen MR) is 93.6 cm³/mol. The highest BCUT2D eigenvalue weighted by Gasteiger charge is 2.32. The van der Waals surface area contributed by atoms with Crippen molar-refractivity contribution in [2.45, 2.75) is 45.3 Å². The van der Waals surface area contributed by atoms with Crippen LogP contribution in [0.2, 0.25) is 0 Å². The van der Waals surface area contributed by atoms with Crippen molar-refractivity contribution in [3.63, 3.8) is 0 Å². The first-order chi connectivity index (χ1) is 11.7. The quantitative estimate of drug-likeness (QED) is 0.626. The Morgan fingerprint density at radius 3 is 2.56 bits per heavy atom. The average molecular weight is 350 g/mol. The highest BCUT2D eigenvalue weighted by Crippen LogP contribution is 2.29. The highest BCUT2D eigenvalue weighted by atomic mass is 16.6. The molecular weight excluding hydrogens is 324 g/mol. The number of hydrogen-bond acceptors (Lipinski definition) is 6. The smallest absolute Gasteiger partial charge is 0.407 e. The number of alkyl carbamates (subject to hydrolysis) is 1. The van der Waals surface area contributed by atoms with E-state index in [1.807, 2.05) is 20.8 Å². The van der Waals surface area contributed by atoms with E-state index in [1.54, 1.807) is 18.2 Å². The van der Waals surface area contributed by atoms with Gasteiger partial charge >= 0.3 is 12.1 Å². The van der Waals surface area contributed by atoms with Gasteiger partial charge in [-0.3, -0.25) is 0 Å². The van der Waals surface area contributed by atoms with Crippen molar-refractivity contribution in [2.24, 2.45) is 5.92 Å². The molecule has 3 N–H and O–H groups in total. The van der Waals surface area contributed by atoms with Crippen molar-refractivity contribution in [1.29, 1.82) is 0 Å². The van der Waals surface area contributed by atoms with E-state index in [1.165, 1.54) is 7.11 Å². The van der Waals surface area contributed by atoms with Gasteiger partial charge in [0.2, 0.25) is 0 Å².